The van der Waals surface area contributed by atoms with Crippen molar-refractivity contribution in [2.75, 3.05) is 12.3 Å². The van der Waals surface area contributed by atoms with Gasteiger partial charge in [0.25, 0.3) is 11.8 Å². The van der Waals surface area contributed by atoms with Gasteiger partial charge in [-0.3, -0.25) is 14.5 Å². The molecular formula is C25H19N3O2S. The molecule has 5 nitrogen and oxygen atoms in total. The highest BCUT2D eigenvalue weighted by Gasteiger charge is 2.34. The van der Waals surface area contributed by atoms with E-state index in [2.05, 4.69) is 4.98 Å². The zero-order valence-corrected chi connectivity index (χ0v) is 17.4. The summed E-state index contributed by atoms with van der Waals surface area (Å²) in [7, 11) is 0. The maximum Gasteiger partial charge on any atom is 0.261 e. The summed E-state index contributed by atoms with van der Waals surface area (Å²) in [5, 5.41) is 0.759. The molecule has 0 unspecified atom stereocenters. The van der Waals surface area contributed by atoms with Crippen LogP contribution in [0.25, 0.3) is 22.5 Å². The van der Waals surface area contributed by atoms with Gasteiger partial charge in [-0.05, 0) is 12.1 Å². The normalized spacial score (nSPS) is 13.0. The van der Waals surface area contributed by atoms with Crippen molar-refractivity contribution in [2.24, 2.45) is 0 Å². The quantitative estimate of drug-likeness (QED) is 0.343. The van der Waals surface area contributed by atoms with E-state index < -0.39 is 0 Å². The molecule has 0 spiro atoms. The molecule has 5 rings (SSSR count). The highest BCUT2D eigenvalue weighted by atomic mass is 32.2. The maximum absolute atomic E-state index is 12.6. The Kier molecular flexibility index (Phi) is 5.14. The fourth-order valence-corrected chi connectivity index (χ4v) is 4.51. The molecule has 0 radical (unpaired) electrons. The molecule has 0 fully saturated rings. The minimum atomic E-state index is -0.226. The first-order valence-electron chi connectivity index (χ1n) is 10.0. The lowest BCUT2D eigenvalue weighted by atomic mass is 10.1. The minimum Gasteiger partial charge on any atom is -0.332 e. The summed E-state index contributed by atoms with van der Waals surface area (Å²) in [6.45, 7) is 0.332. The zero-order valence-electron chi connectivity index (χ0n) is 16.6. The summed E-state index contributed by atoms with van der Waals surface area (Å²) in [6.07, 6.45) is 0. The largest absolute Gasteiger partial charge is 0.332 e. The Morgan fingerprint density at radius 2 is 1.29 bits per heavy atom. The predicted octanol–water partition coefficient (Wildman–Crippen LogP) is 5.13. The van der Waals surface area contributed by atoms with Crippen molar-refractivity contribution < 1.29 is 9.59 Å². The Hall–Kier alpha value is -3.64. The smallest absolute Gasteiger partial charge is 0.261 e. The number of imide groups is 1. The molecule has 1 N–H and O–H groups in total. The summed E-state index contributed by atoms with van der Waals surface area (Å²) < 4.78 is 0. The van der Waals surface area contributed by atoms with Gasteiger partial charge >= 0.3 is 0 Å². The first-order valence-corrected chi connectivity index (χ1v) is 11.0. The van der Waals surface area contributed by atoms with Crippen molar-refractivity contribution in [1.29, 1.82) is 0 Å². The van der Waals surface area contributed by atoms with Crippen LogP contribution < -0.4 is 0 Å². The van der Waals surface area contributed by atoms with Crippen LogP contribution in [0.3, 0.4) is 0 Å². The summed E-state index contributed by atoms with van der Waals surface area (Å²) in [6, 6.07) is 27.1. The number of H-pyrrole nitrogens is 1. The average molecular weight is 426 g/mol. The van der Waals surface area contributed by atoms with Gasteiger partial charge in [0.1, 0.15) is 0 Å². The molecule has 1 aliphatic heterocycles. The topological polar surface area (TPSA) is 66.1 Å². The molecule has 0 saturated carbocycles. The van der Waals surface area contributed by atoms with E-state index in [1.807, 2.05) is 60.7 Å². The van der Waals surface area contributed by atoms with Crippen LogP contribution in [0.5, 0.6) is 0 Å². The van der Waals surface area contributed by atoms with Crippen LogP contribution in [-0.2, 0) is 0 Å². The van der Waals surface area contributed by atoms with Crippen LogP contribution in [-0.4, -0.2) is 39.0 Å². The van der Waals surface area contributed by atoms with Gasteiger partial charge < -0.3 is 4.98 Å². The Bertz CT molecular complexity index is 1160. The van der Waals surface area contributed by atoms with Crippen LogP contribution >= 0.6 is 11.8 Å². The summed E-state index contributed by atoms with van der Waals surface area (Å²) >= 11 is 1.50. The molecule has 152 valence electrons. The number of hydrogen-bond acceptors (Lipinski definition) is 4. The van der Waals surface area contributed by atoms with Crippen molar-refractivity contribution in [2.45, 2.75) is 5.16 Å². The first-order chi connectivity index (χ1) is 15.2. The van der Waals surface area contributed by atoms with Crippen molar-refractivity contribution in [1.82, 2.24) is 14.9 Å². The summed E-state index contributed by atoms with van der Waals surface area (Å²) in [4.78, 5) is 34.7. The van der Waals surface area contributed by atoms with Gasteiger partial charge in [-0.15, -0.1) is 0 Å². The monoisotopic (exact) mass is 425 g/mol. The second-order valence-corrected chi connectivity index (χ2v) is 8.24. The third kappa shape index (κ3) is 3.66. The van der Waals surface area contributed by atoms with Gasteiger partial charge in [-0.2, -0.15) is 0 Å². The lowest BCUT2D eigenvalue weighted by Gasteiger charge is -2.12. The van der Waals surface area contributed by atoms with Crippen molar-refractivity contribution >= 4 is 23.6 Å². The number of rotatable bonds is 6. The highest BCUT2D eigenvalue weighted by molar-refractivity contribution is 7.99. The van der Waals surface area contributed by atoms with Crippen LogP contribution in [0, 0.1) is 0 Å². The van der Waals surface area contributed by atoms with E-state index in [0.717, 1.165) is 27.7 Å². The van der Waals surface area contributed by atoms with Gasteiger partial charge in [0.2, 0.25) is 0 Å². The van der Waals surface area contributed by atoms with Gasteiger partial charge in [0.05, 0.1) is 22.5 Å². The van der Waals surface area contributed by atoms with Crippen LogP contribution in [0.2, 0.25) is 0 Å². The molecular weight excluding hydrogens is 406 g/mol. The second-order valence-electron chi connectivity index (χ2n) is 7.15. The molecule has 4 aromatic rings. The molecule has 31 heavy (non-hydrogen) atoms. The number of aromatic nitrogens is 2. The first kappa shape index (κ1) is 19.3. The van der Waals surface area contributed by atoms with Gasteiger partial charge in [0, 0.05) is 23.4 Å². The Balaban J connectivity index is 1.35. The van der Waals surface area contributed by atoms with Gasteiger partial charge in [-0.1, -0.05) is 84.6 Å². The molecule has 6 heteroatoms. The molecule has 0 bridgehead atoms. The molecule has 0 saturated heterocycles. The Labute approximate surface area is 184 Å². The molecule has 0 atom stereocenters. The molecule has 2 heterocycles. The van der Waals surface area contributed by atoms with E-state index >= 15 is 0 Å². The number of carbonyl (C=O) groups is 2. The molecule has 0 aliphatic carbocycles. The number of carbonyl (C=O) groups excluding carboxylic acids is 2. The van der Waals surface area contributed by atoms with Gasteiger partial charge in [-0.25, -0.2) is 4.98 Å². The lowest BCUT2D eigenvalue weighted by Crippen LogP contribution is -2.31. The predicted molar refractivity (Wildman–Crippen MR) is 122 cm³/mol. The third-order valence-corrected chi connectivity index (χ3v) is 6.08. The number of imidazole rings is 1. The van der Waals surface area contributed by atoms with E-state index in [4.69, 9.17) is 4.98 Å². The van der Waals surface area contributed by atoms with Crippen molar-refractivity contribution in [3.05, 3.63) is 96.1 Å². The number of amides is 2. The molecule has 3 aromatic carbocycles. The minimum absolute atomic E-state index is 0.226. The molecule has 2 amide bonds. The number of aromatic amines is 1. The third-order valence-electron chi connectivity index (χ3n) is 5.22. The van der Waals surface area contributed by atoms with Crippen LogP contribution in [0.4, 0.5) is 0 Å². The molecule has 1 aromatic heterocycles. The fourth-order valence-electron chi connectivity index (χ4n) is 3.71. The summed E-state index contributed by atoms with van der Waals surface area (Å²) in [5.41, 5.74) is 4.89. The Morgan fingerprint density at radius 1 is 0.742 bits per heavy atom. The average Bonchev–Trinajstić information content (AvgIpc) is 3.36. The Morgan fingerprint density at radius 3 is 1.90 bits per heavy atom. The van der Waals surface area contributed by atoms with Gasteiger partial charge in [0.15, 0.2) is 5.16 Å². The van der Waals surface area contributed by atoms with Crippen LogP contribution in [0.1, 0.15) is 20.7 Å². The van der Waals surface area contributed by atoms with E-state index in [9.17, 15) is 9.59 Å². The highest BCUT2D eigenvalue weighted by Crippen LogP contribution is 2.33. The number of nitrogens with zero attached hydrogens (tertiary/aromatic N) is 2. The number of nitrogens with one attached hydrogen (secondary N) is 1. The van der Waals surface area contributed by atoms with Crippen molar-refractivity contribution in [3.8, 4) is 22.5 Å². The molecule has 1 aliphatic rings. The van der Waals surface area contributed by atoms with E-state index in [1.165, 1.54) is 16.7 Å². The number of hydrogen-bond donors (Lipinski definition) is 1. The number of fused-ring (bicyclic) bond motifs is 1. The zero-order chi connectivity index (χ0) is 21.2. The van der Waals surface area contributed by atoms with E-state index in [1.54, 1.807) is 24.3 Å². The lowest BCUT2D eigenvalue weighted by molar-refractivity contribution is 0.0664. The second kappa shape index (κ2) is 8.24. The van der Waals surface area contributed by atoms with E-state index in [-0.39, 0.29) is 11.8 Å². The van der Waals surface area contributed by atoms with E-state index in [0.29, 0.717) is 23.4 Å². The fraction of sp³-hybridized carbons (Fsp3) is 0.0800. The van der Waals surface area contributed by atoms with Crippen molar-refractivity contribution in [3.63, 3.8) is 0 Å². The maximum atomic E-state index is 12.6. The van der Waals surface area contributed by atoms with Crippen LogP contribution in [0.15, 0.2) is 90.1 Å². The summed E-state index contributed by atoms with van der Waals surface area (Å²) in [5.74, 6) is 0.104. The SMILES string of the molecule is O=C1c2ccccc2C(=O)N1CCSc1nc(-c2ccccc2)c(-c2ccccc2)[nH]1. The number of benzene rings is 3. The number of thioether (sulfide) groups is 1. The standard InChI is InChI=1S/C25H19N3O2S/c29-23-19-13-7-8-14-20(19)24(30)28(23)15-16-31-25-26-21(17-9-3-1-4-10-17)22(27-25)18-11-5-2-6-12-18/h1-14H,15-16H2,(H,26,27).